The third-order valence-electron chi connectivity index (χ3n) is 3.43. The Bertz CT molecular complexity index is 636. The molecule has 0 fully saturated rings. The molecule has 0 bridgehead atoms. The van der Waals surface area contributed by atoms with Crippen molar-refractivity contribution in [2.24, 2.45) is 0 Å². The van der Waals surface area contributed by atoms with Crippen LogP contribution < -0.4 is 10.6 Å². The fourth-order valence-corrected chi connectivity index (χ4v) is 1.91. The standard InChI is InChI=1S/C18H20N2O2/c1-3-13(2)19-17(21)15-9-11-16(12-10-15)20-18(22)14-7-5-4-6-8-14/h4-13H,3H2,1-2H3,(H,19,21)(H,20,22)/t13-/m1/s1. The average molecular weight is 296 g/mol. The number of hydrogen-bond donors (Lipinski definition) is 2. The summed E-state index contributed by atoms with van der Waals surface area (Å²) in [4.78, 5) is 24.0. The van der Waals surface area contributed by atoms with Gasteiger partial charge >= 0.3 is 0 Å². The Morgan fingerprint density at radius 3 is 2.09 bits per heavy atom. The Morgan fingerprint density at radius 1 is 0.909 bits per heavy atom. The Hall–Kier alpha value is -2.62. The van der Waals surface area contributed by atoms with Crippen LogP contribution in [-0.4, -0.2) is 17.9 Å². The molecule has 0 saturated heterocycles. The van der Waals surface area contributed by atoms with Crippen molar-refractivity contribution in [3.63, 3.8) is 0 Å². The van der Waals surface area contributed by atoms with E-state index in [-0.39, 0.29) is 17.9 Å². The van der Waals surface area contributed by atoms with Gasteiger partial charge in [0.1, 0.15) is 0 Å². The molecule has 2 aromatic carbocycles. The van der Waals surface area contributed by atoms with E-state index in [1.807, 2.05) is 32.0 Å². The summed E-state index contributed by atoms with van der Waals surface area (Å²) in [7, 11) is 0. The van der Waals surface area contributed by atoms with Crippen molar-refractivity contribution in [1.82, 2.24) is 5.32 Å². The third kappa shape index (κ3) is 4.19. The lowest BCUT2D eigenvalue weighted by Crippen LogP contribution is -2.31. The Kier molecular flexibility index (Phi) is 5.31. The lowest BCUT2D eigenvalue weighted by molar-refractivity contribution is 0.0938. The minimum Gasteiger partial charge on any atom is -0.350 e. The number of carbonyl (C=O) groups excluding carboxylic acids is 2. The van der Waals surface area contributed by atoms with Crippen molar-refractivity contribution in [3.8, 4) is 0 Å². The summed E-state index contributed by atoms with van der Waals surface area (Å²) >= 11 is 0. The first kappa shape index (κ1) is 15.8. The second kappa shape index (κ2) is 7.41. The first-order valence-electron chi connectivity index (χ1n) is 7.37. The molecule has 0 heterocycles. The minimum atomic E-state index is -0.169. The van der Waals surface area contributed by atoms with E-state index in [0.29, 0.717) is 16.8 Å². The molecule has 4 heteroatoms. The normalized spacial score (nSPS) is 11.5. The maximum atomic E-state index is 12.0. The molecule has 2 amide bonds. The van der Waals surface area contributed by atoms with E-state index in [9.17, 15) is 9.59 Å². The van der Waals surface area contributed by atoms with E-state index in [1.54, 1.807) is 36.4 Å². The zero-order valence-corrected chi connectivity index (χ0v) is 12.8. The maximum Gasteiger partial charge on any atom is 0.255 e. The summed E-state index contributed by atoms with van der Waals surface area (Å²) in [5, 5.41) is 5.71. The molecule has 0 spiro atoms. The Balaban J connectivity index is 2.00. The fourth-order valence-electron chi connectivity index (χ4n) is 1.91. The van der Waals surface area contributed by atoms with Gasteiger partial charge in [-0.2, -0.15) is 0 Å². The van der Waals surface area contributed by atoms with E-state index >= 15 is 0 Å². The first-order valence-corrected chi connectivity index (χ1v) is 7.37. The van der Waals surface area contributed by atoms with E-state index in [0.717, 1.165) is 6.42 Å². The molecule has 0 aromatic heterocycles. The highest BCUT2D eigenvalue weighted by Gasteiger charge is 2.09. The van der Waals surface area contributed by atoms with Crippen LogP contribution in [0, 0.1) is 0 Å². The Labute approximate surface area is 130 Å². The van der Waals surface area contributed by atoms with Gasteiger partial charge < -0.3 is 10.6 Å². The van der Waals surface area contributed by atoms with Gasteiger partial charge in [0.15, 0.2) is 0 Å². The van der Waals surface area contributed by atoms with Gasteiger partial charge in [0.25, 0.3) is 11.8 Å². The van der Waals surface area contributed by atoms with Crippen LogP contribution in [0.25, 0.3) is 0 Å². The summed E-state index contributed by atoms with van der Waals surface area (Å²) in [5.41, 5.74) is 1.84. The number of amides is 2. The van der Waals surface area contributed by atoms with E-state index in [2.05, 4.69) is 10.6 Å². The molecule has 2 N–H and O–H groups in total. The number of nitrogens with one attached hydrogen (secondary N) is 2. The molecule has 0 aliphatic rings. The highest BCUT2D eigenvalue weighted by molar-refractivity contribution is 6.04. The van der Waals surface area contributed by atoms with Crippen molar-refractivity contribution < 1.29 is 9.59 Å². The van der Waals surface area contributed by atoms with Crippen LogP contribution in [0.2, 0.25) is 0 Å². The summed E-state index contributed by atoms with van der Waals surface area (Å²) in [5.74, 6) is -0.271. The van der Waals surface area contributed by atoms with Crippen molar-refractivity contribution in [2.75, 3.05) is 5.32 Å². The van der Waals surface area contributed by atoms with Crippen LogP contribution >= 0.6 is 0 Å². The van der Waals surface area contributed by atoms with Crippen molar-refractivity contribution in [3.05, 3.63) is 65.7 Å². The highest BCUT2D eigenvalue weighted by atomic mass is 16.2. The lowest BCUT2D eigenvalue weighted by atomic mass is 10.1. The molecule has 2 rings (SSSR count). The van der Waals surface area contributed by atoms with E-state index in [4.69, 9.17) is 0 Å². The molecule has 0 aliphatic carbocycles. The molecular weight excluding hydrogens is 276 g/mol. The van der Waals surface area contributed by atoms with Gasteiger partial charge in [-0.15, -0.1) is 0 Å². The second-order valence-corrected chi connectivity index (χ2v) is 5.18. The number of hydrogen-bond acceptors (Lipinski definition) is 2. The van der Waals surface area contributed by atoms with Crippen molar-refractivity contribution in [2.45, 2.75) is 26.3 Å². The fraction of sp³-hybridized carbons (Fsp3) is 0.222. The average Bonchev–Trinajstić information content (AvgIpc) is 2.56. The van der Waals surface area contributed by atoms with Gasteiger partial charge in [-0.25, -0.2) is 0 Å². The van der Waals surface area contributed by atoms with Crippen molar-refractivity contribution >= 4 is 17.5 Å². The van der Waals surface area contributed by atoms with Gasteiger partial charge in [0.2, 0.25) is 0 Å². The summed E-state index contributed by atoms with van der Waals surface area (Å²) in [6.07, 6.45) is 0.886. The molecule has 0 saturated carbocycles. The summed E-state index contributed by atoms with van der Waals surface area (Å²) in [6.45, 7) is 3.99. The van der Waals surface area contributed by atoms with Crippen molar-refractivity contribution in [1.29, 1.82) is 0 Å². The second-order valence-electron chi connectivity index (χ2n) is 5.18. The number of carbonyl (C=O) groups is 2. The predicted octanol–water partition coefficient (Wildman–Crippen LogP) is 3.47. The van der Waals surface area contributed by atoms with Crippen LogP contribution in [0.3, 0.4) is 0 Å². The summed E-state index contributed by atoms with van der Waals surface area (Å²) < 4.78 is 0. The molecule has 0 aliphatic heterocycles. The molecule has 2 aromatic rings. The smallest absolute Gasteiger partial charge is 0.255 e. The number of benzene rings is 2. The highest BCUT2D eigenvalue weighted by Crippen LogP contribution is 2.12. The quantitative estimate of drug-likeness (QED) is 0.887. The topological polar surface area (TPSA) is 58.2 Å². The van der Waals surface area contributed by atoms with Crippen LogP contribution in [0.5, 0.6) is 0 Å². The SMILES string of the molecule is CC[C@@H](C)NC(=O)c1ccc(NC(=O)c2ccccc2)cc1. The summed E-state index contributed by atoms with van der Waals surface area (Å²) in [6, 6.07) is 16.0. The first-order chi connectivity index (χ1) is 10.6. The third-order valence-corrected chi connectivity index (χ3v) is 3.43. The molecule has 4 nitrogen and oxygen atoms in total. The Morgan fingerprint density at radius 2 is 1.50 bits per heavy atom. The number of anilines is 1. The molecular formula is C18H20N2O2. The van der Waals surface area contributed by atoms with Gasteiger partial charge in [0, 0.05) is 22.9 Å². The van der Waals surface area contributed by atoms with E-state index < -0.39 is 0 Å². The zero-order valence-electron chi connectivity index (χ0n) is 12.8. The zero-order chi connectivity index (χ0) is 15.9. The maximum absolute atomic E-state index is 12.0. The lowest BCUT2D eigenvalue weighted by Gasteiger charge is -2.11. The number of rotatable bonds is 5. The van der Waals surface area contributed by atoms with Gasteiger partial charge in [0.05, 0.1) is 0 Å². The molecule has 1 atom stereocenters. The molecule has 0 radical (unpaired) electrons. The van der Waals surface area contributed by atoms with Gasteiger partial charge in [-0.05, 0) is 49.7 Å². The molecule has 0 unspecified atom stereocenters. The van der Waals surface area contributed by atoms with Gasteiger partial charge in [-0.3, -0.25) is 9.59 Å². The predicted molar refractivity (Wildman–Crippen MR) is 88.1 cm³/mol. The minimum absolute atomic E-state index is 0.102. The van der Waals surface area contributed by atoms with Crippen LogP contribution in [0.1, 0.15) is 41.0 Å². The monoisotopic (exact) mass is 296 g/mol. The van der Waals surface area contributed by atoms with Crippen LogP contribution in [0.15, 0.2) is 54.6 Å². The van der Waals surface area contributed by atoms with Gasteiger partial charge in [-0.1, -0.05) is 25.1 Å². The molecule has 114 valence electrons. The van der Waals surface area contributed by atoms with Crippen LogP contribution in [0.4, 0.5) is 5.69 Å². The van der Waals surface area contributed by atoms with Crippen LogP contribution in [-0.2, 0) is 0 Å². The largest absolute Gasteiger partial charge is 0.350 e. The van der Waals surface area contributed by atoms with E-state index in [1.165, 1.54) is 0 Å². The molecule has 22 heavy (non-hydrogen) atoms.